The van der Waals surface area contributed by atoms with Gasteiger partial charge >= 0.3 is 10.4 Å². The molecule has 0 saturated heterocycles. The van der Waals surface area contributed by atoms with Crippen LogP contribution in [0.3, 0.4) is 0 Å². The van der Waals surface area contributed by atoms with Crippen LogP contribution in [-0.4, -0.2) is 25.3 Å². The van der Waals surface area contributed by atoms with Crippen LogP contribution in [0.1, 0.15) is 0 Å². The van der Waals surface area contributed by atoms with Gasteiger partial charge in [0.25, 0.3) is 0 Å². The fourth-order valence-corrected chi connectivity index (χ4v) is 0.550. The Kier molecular flexibility index (Phi) is 1.71. The molecular formula is C3H7F5N2S. The molecular weight excluding hydrogens is 191 g/mol. The summed E-state index contributed by atoms with van der Waals surface area (Å²) >= 11 is 0. The molecule has 0 saturated carbocycles. The molecule has 0 aromatic rings. The predicted molar refractivity (Wildman–Crippen MR) is 35.3 cm³/mol. The largest absolute Gasteiger partial charge is 0.383 e. The first-order valence-corrected chi connectivity index (χ1v) is 4.27. The van der Waals surface area contributed by atoms with E-state index in [-0.39, 0.29) is 6.34 Å². The van der Waals surface area contributed by atoms with Crippen LogP contribution in [0, 0.1) is 0 Å². The lowest BCUT2D eigenvalue weighted by molar-refractivity contribution is 0.366. The molecule has 0 N–H and O–H groups in total. The van der Waals surface area contributed by atoms with Crippen molar-refractivity contribution in [2.24, 2.45) is 4.40 Å². The van der Waals surface area contributed by atoms with Crippen molar-refractivity contribution >= 4 is 16.7 Å². The molecule has 0 aliphatic heterocycles. The van der Waals surface area contributed by atoms with Crippen LogP contribution >= 0.6 is 10.4 Å². The third kappa shape index (κ3) is 9.47. The van der Waals surface area contributed by atoms with Gasteiger partial charge in [0.2, 0.25) is 0 Å². The van der Waals surface area contributed by atoms with Crippen molar-refractivity contribution in [1.82, 2.24) is 4.90 Å². The number of rotatable bonds is 2. The summed E-state index contributed by atoms with van der Waals surface area (Å²) in [5.74, 6) is 0. The molecule has 0 aromatic heterocycles. The van der Waals surface area contributed by atoms with Crippen LogP contribution in [-0.2, 0) is 0 Å². The summed E-state index contributed by atoms with van der Waals surface area (Å²) < 4.78 is 58.1. The molecule has 2 nitrogen and oxygen atoms in total. The van der Waals surface area contributed by atoms with Crippen LogP contribution < -0.4 is 0 Å². The summed E-state index contributed by atoms with van der Waals surface area (Å²) in [6, 6.07) is 0. The smallest absolute Gasteiger partial charge is 0.368 e. The molecule has 0 unspecified atom stereocenters. The average Bonchev–Trinajstić information content (AvgIpc) is 1.56. The van der Waals surface area contributed by atoms with E-state index < -0.39 is 10.4 Å². The first-order valence-electron chi connectivity index (χ1n) is 2.36. The molecule has 0 atom stereocenters. The van der Waals surface area contributed by atoms with Crippen molar-refractivity contribution in [2.75, 3.05) is 14.1 Å². The number of hydrogen-bond donors (Lipinski definition) is 0. The number of halogens is 5. The third-order valence-corrected chi connectivity index (χ3v) is 0.970. The highest BCUT2D eigenvalue weighted by Crippen LogP contribution is 2.98. The van der Waals surface area contributed by atoms with Gasteiger partial charge in [0, 0.05) is 14.1 Å². The second-order valence-corrected chi connectivity index (χ2v) is 4.18. The van der Waals surface area contributed by atoms with Gasteiger partial charge in [0.1, 0.15) is 6.34 Å². The monoisotopic (exact) mass is 198 g/mol. The Morgan fingerprint density at radius 1 is 1.09 bits per heavy atom. The second-order valence-electron chi connectivity index (χ2n) is 2.11. The molecule has 0 amide bonds. The molecule has 0 bridgehead atoms. The van der Waals surface area contributed by atoms with Gasteiger partial charge in [-0.05, 0) is 0 Å². The molecule has 0 heterocycles. The van der Waals surface area contributed by atoms with E-state index in [0.717, 1.165) is 19.0 Å². The molecule has 0 spiro atoms. The maximum Gasteiger partial charge on any atom is 0.383 e. The zero-order valence-corrected chi connectivity index (χ0v) is 6.59. The molecule has 0 rings (SSSR count). The summed E-state index contributed by atoms with van der Waals surface area (Å²) in [6.45, 7) is 0. The van der Waals surface area contributed by atoms with E-state index in [2.05, 4.69) is 0 Å². The van der Waals surface area contributed by atoms with Gasteiger partial charge in [-0.1, -0.05) is 19.4 Å². The summed E-state index contributed by atoms with van der Waals surface area (Å²) in [5.41, 5.74) is 0. The molecule has 0 fully saturated rings. The van der Waals surface area contributed by atoms with Crippen molar-refractivity contribution in [3.8, 4) is 0 Å². The Morgan fingerprint density at radius 2 is 1.45 bits per heavy atom. The Bertz CT molecular complexity index is 177. The van der Waals surface area contributed by atoms with E-state index in [1.54, 1.807) is 0 Å². The Morgan fingerprint density at radius 3 is 1.55 bits per heavy atom. The highest BCUT2D eigenvalue weighted by molar-refractivity contribution is 8.44. The van der Waals surface area contributed by atoms with Gasteiger partial charge in [-0.3, -0.25) is 0 Å². The van der Waals surface area contributed by atoms with Crippen molar-refractivity contribution in [3.63, 3.8) is 0 Å². The Hall–Kier alpha value is -0.530. The van der Waals surface area contributed by atoms with Crippen molar-refractivity contribution < 1.29 is 19.4 Å². The molecule has 70 valence electrons. The highest BCUT2D eigenvalue weighted by Gasteiger charge is 2.63. The first-order chi connectivity index (χ1) is 4.39. The topological polar surface area (TPSA) is 15.6 Å². The van der Waals surface area contributed by atoms with Crippen LogP contribution in [0.4, 0.5) is 19.4 Å². The van der Waals surface area contributed by atoms with E-state index in [9.17, 15) is 19.4 Å². The van der Waals surface area contributed by atoms with Gasteiger partial charge in [0.15, 0.2) is 0 Å². The molecule has 8 heteroatoms. The lowest BCUT2D eigenvalue weighted by atomic mass is 11.0. The zero-order valence-electron chi connectivity index (χ0n) is 5.77. The molecule has 0 radical (unpaired) electrons. The Balaban J connectivity index is 4.64. The lowest BCUT2D eigenvalue weighted by Gasteiger charge is -2.34. The summed E-state index contributed by atoms with van der Waals surface area (Å²) in [4.78, 5) is 0.776. The first kappa shape index (κ1) is 10.5. The predicted octanol–water partition coefficient (Wildman–Crippen LogP) is 2.79. The lowest BCUT2D eigenvalue weighted by Crippen LogP contribution is -2.11. The summed E-state index contributed by atoms with van der Waals surface area (Å²) in [7, 11) is -7.26. The third-order valence-electron chi connectivity index (χ3n) is 0.477. The van der Waals surface area contributed by atoms with Crippen LogP contribution in [0.2, 0.25) is 0 Å². The van der Waals surface area contributed by atoms with Gasteiger partial charge in [0.05, 0.1) is 0 Å². The zero-order chi connectivity index (χ0) is 9.40. The van der Waals surface area contributed by atoms with Crippen LogP contribution in [0.25, 0.3) is 0 Å². The quantitative estimate of drug-likeness (QED) is 0.378. The number of nitrogens with zero attached hydrogens (tertiary/aromatic N) is 2. The van der Waals surface area contributed by atoms with Crippen molar-refractivity contribution in [1.29, 1.82) is 0 Å². The number of hydrogen-bond acceptors (Lipinski definition) is 1. The minimum Gasteiger partial charge on any atom is -0.368 e. The highest BCUT2D eigenvalue weighted by atomic mass is 32.5. The van der Waals surface area contributed by atoms with Crippen LogP contribution in [0.5, 0.6) is 0 Å². The SMILES string of the molecule is CN(C)C=NS(F)(F)(F)(F)F. The fraction of sp³-hybridized carbons (Fsp3) is 0.667. The van der Waals surface area contributed by atoms with Crippen molar-refractivity contribution in [3.05, 3.63) is 0 Å². The Labute approximate surface area is 60.6 Å². The van der Waals surface area contributed by atoms with Crippen molar-refractivity contribution in [2.45, 2.75) is 0 Å². The van der Waals surface area contributed by atoms with E-state index in [4.69, 9.17) is 0 Å². The maximum atomic E-state index is 11.4. The van der Waals surface area contributed by atoms with Gasteiger partial charge in [-0.2, -0.15) is 0 Å². The minimum atomic E-state index is -9.57. The van der Waals surface area contributed by atoms with E-state index in [0.29, 0.717) is 0 Å². The molecule has 11 heavy (non-hydrogen) atoms. The summed E-state index contributed by atoms with van der Waals surface area (Å²) in [6.07, 6.45) is 0.0293. The van der Waals surface area contributed by atoms with Gasteiger partial charge < -0.3 is 4.90 Å². The molecule has 0 aliphatic rings. The second kappa shape index (κ2) is 1.79. The van der Waals surface area contributed by atoms with Gasteiger partial charge in [-0.15, -0.1) is 4.40 Å². The van der Waals surface area contributed by atoms with E-state index in [1.807, 2.05) is 0 Å². The normalized spacial score (nSPS) is 19.5. The van der Waals surface area contributed by atoms with E-state index >= 15 is 0 Å². The molecule has 0 aliphatic carbocycles. The fourth-order valence-electron chi connectivity index (χ4n) is 0.183. The van der Waals surface area contributed by atoms with Gasteiger partial charge in [-0.25, -0.2) is 0 Å². The standard InChI is InChI=1S/C3H7F5N2S/c1-10(2)3-9-11(4,5,6,7)8/h3H,1-2H3. The van der Waals surface area contributed by atoms with E-state index in [1.165, 1.54) is 4.40 Å². The maximum absolute atomic E-state index is 11.4. The molecule has 0 aromatic carbocycles. The minimum absolute atomic E-state index is 0.0293. The van der Waals surface area contributed by atoms with Crippen LogP contribution in [0.15, 0.2) is 4.40 Å². The summed E-state index contributed by atoms with van der Waals surface area (Å²) in [5, 5.41) is 0. The average molecular weight is 198 g/mol.